The largest absolute Gasteiger partial charge is 0.496 e. The van der Waals surface area contributed by atoms with Gasteiger partial charge in [0, 0.05) is 17.5 Å². The lowest BCUT2D eigenvalue weighted by molar-refractivity contribution is 0.408. The summed E-state index contributed by atoms with van der Waals surface area (Å²) < 4.78 is 44.2. The van der Waals surface area contributed by atoms with Gasteiger partial charge in [-0.2, -0.15) is 0 Å². The third-order valence-electron chi connectivity index (χ3n) is 5.03. The number of fused-ring (bicyclic) bond motifs is 1. The van der Waals surface area contributed by atoms with E-state index in [2.05, 4.69) is 10.2 Å². The van der Waals surface area contributed by atoms with Crippen LogP contribution < -0.4 is 4.74 Å². The molecule has 0 N–H and O–H groups in total. The molecule has 0 aliphatic heterocycles. The van der Waals surface area contributed by atoms with Gasteiger partial charge < -0.3 is 4.74 Å². The SMILES string of the molecule is COc1ccc(F)cc1CCc1ccc(-c2ccc(S(C)(=O)=O)cc2)c2nncn12. The molecule has 0 unspecified atom stereocenters. The van der Waals surface area contributed by atoms with Gasteiger partial charge in [0.25, 0.3) is 0 Å². The number of nitrogens with zero attached hydrogens (tertiary/aromatic N) is 3. The lowest BCUT2D eigenvalue weighted by atomic mass is 10.0. The van der Waals surface area contributed by atoms with E-state index in [0.29, 0.717) is 24.2 Å². The minimum absolute atomic E-state index is 0.268. The smallest absolute Gasteiger partial charge is 0.175 e. The van der Waals surface area contributed by atoms with Crippen molar-refractivity contribution in [1.82, 2.24) is 14.6 Å². The molecule has 0 radical (unpaired) electrons. The second-order valence-corrected chi connectivity index (χ2v) is 9.03. The van der Waals surface area contributed by atoms with Crippen LogP contribution in [0.1, 0.15) is 11.3 Å². The van der Waals surface area contributed by atoms with E-state index >= 15 is 0 Å². The molecule has 0 aliphatic rings. The third-order valence-corrected chi connectivity index (χ3v) is 6.16. The summed E-state index contributed by atoms with van der Waals surface area (Å²) in [5.74, 6) is 0.354. The molecule has 0 fully saturated rings. The number of halogens is 1. The molecule has 30 heavy (non-hydrogen) atoms. The normalized spacial score (nSPS) is 11.7. The van der Waals surface area contributed by atoms with Gasteiger partial charge in [0.2, 0.25) is 0 Å². The Kier molecular flexibility index (Phi) is 5.26. The van der Waals surface area contributed by atoms with Crippen molar-refractivity contribution in [2.24, 2.45) is 0 Å². The summed E-state index contributed by atoms with van der Waals surface area (Å²) in [6.45, 7) is 0. The predicted octanol–water partition coefficient (Wildman–Crippen LogP) is 3.73. The van der Waals surface area contributed by atoms with Gasteiger partial charge in [0.1, 0.15) is 17.9 Å². The van der Waals surface area contributed by atoms with Crippen LogP contribution in [0, 0.1) is 5.82 Å². The lowest BCUT2D eigenvalue weighted by Crippen LogP contribution is -2.02. The fourth-order valence-corrected chi connectivity index (χ4v) is 4.11. The first-order chi connectivity index (χ1) is 14.4. The lowest BCUT2D eigenvalue weighted by Gasteiger charge is -2.11. The first-order valence-corrected chi connectivity index (χ1v) is 11.2. The molecule has 2 aromatic carbocycles. The molecule has 0 amide bonds. The highest BCUT2D eigenvalue weighted by Gasteiger charge is 2.13. The number of methoxy groups -OCH3 is 1. The molecule has 0 aliphatic carbocycles. The molecular weight excluding hydrogens is 405 g/mol. The van der Waals surface area contributed by atoms with Crippen molar-refractivity contribution in [2.75, 3.05) is 13.4 Å². The summed E-state index contributed by atoms with van der Waals surface area (Å²) in [5, 5.41) is 8.28. The second-order valence-electron chi connectivity index (χ2n) is 7.02. The molecule has 6 nitrogen and oxygen atoms in total. The van der Waals surface area contributed by atoms with Crippen LogP contribution in [0.3, 0.4) is 0 Å². The van der Waals surface area contributed by atoms with Crippen molar-refractivity contribution in [3.63, 3.8) is 0 Å². The molecule has 0 bridgehead atoms. The Morgan fingerprint density at radius 1 is 1.03 bits per heavy atom. The maximum Gasteiger partial charge on any atom is 0.175 e. The molecule has 0 spiro atoms. The number of pyridine rings is 1. The van der Waals surface area contributed by atoms with Crippen molar-refractivity contribution in [3.8, 4) is 16.9 Å². The molecule has 8 heteroatoms. The van der Waals surface area contributed by atoms with Crippen LogP contribution in [0.25, 0.3) is 16.8 Å². The maximum atomic E-state index is 13.6. The molecule has 0 saturated carbocycles. The van der Waals surface area contributed by atoms with Gasteiger partial charge in [-0.3, -0.25) is 4.40 Å². The summed E-state index contributed by atoms with van der Waals surface area (Å²) in [5.41, 5.74) is 4.13. The zero-order valence-corrected chi connectivity index (χ0v) is 17.4. The highest BCUT2D eigenvalue weighted by atomic mass is 32.2. The highest BCUT2D eigenvalue weighted by molar-refractivity contribution is 7.90. The van der Waals surface area contributed by atoms with E-state index in [9.17, 15) is 12.8 Å². The topological polar surface area (TPSA) is 73.6 Å². The van der Waals surface area contributed by atoms with Gasteiger partial charge in [-0.1, -0.05) is 12.1 Å². The Labute approximate surface area is 173 Å². The Morgan fingerprint density at radius 2 is 1.80 bits per heavy atom. The van der Waals surface area contributed by atoms with Crippen molar-refractivity contribution in [3.05, 3.63) is 78.0 Å². The van der Waals surface area contributed by atoms with E-state index in [-0.39, 0.29) is 10.7 Å². The quantitative estimate of drug-likeness (QED) is 0.471. The fourth-order valence-electron chi connectivity index (χ4n) is 3.48. The summed E-state index contributed by atoms with van der Waals surface area (Å²) in [6, 6.07) is 15.1. The third kappa shape index (κ3) is 3.91. The number of rotatable bonds is 6. The minimum atomic E-state index is -3.25. The number of hydrogen-bond donors (Lipinski definition) is 0. The first kappa shape index (κ1) is 20.0. The minimum Gasteiger partial charge on any atom is -0.496 e. The zero-order valence-electron chi connectivity index (χ0n) is 16.5. The molecular formula is C22H20FN3O3S. The van der Waals surface area contributed by atoms with Crippen LogP contribution in [0.4, 0.5) is 4.39 Å². The van der Waals surface area contributed by atoms with Crippen LogP contribution in [0.2, 0.25) is 0 Å². The van der Waals surface area contributed by atoms with Gasteiger partial charge in [0.05, 0.1) is 12.0 Å². The van der Waals surface area contributed by atoms with E-state index < -0.39 is 9.84 Å². The van der Waals surface area contributed by atoms with Gasteiger partial charge in [-0.25, -0.2) is 12.8 Å². The zero-order chi connectivity index (χ0) is 21.3. The van der Waals surface area contributed by atoms with Crippen molar-refractivity contribution in [1.29, 1.82) is 0 Å². The molecule has 0 saturated heterocycles. The van der Waals surface area contributed by atoms with Gasteiger partial charge >= 0.3 is 0 Å². The van der Waals surface area contributed by atoms with E-state index in [4.69, 9.17) is 4.74 Å². The summed E-state index contributed by atoms with van der Waals surface area (Å²) in [6.07, 6.45) is 4.06. The maximum absolute atomic E-state index is 13.6. The number of aromatic nitrogens is 3. The van der Waals surface area contributed by atoms with Crippen molar-refractivity contribution < 1.29 is 17.5 Å². The van der Waals surface area contributed by atoms with E-state index in [0.717, 1.165) is 22.4 Å². The number of aryl methyl sites for hydroxylation is 2. The highest BCUT2D eigenvalue weighted by Crippen LogP contribution is 2.27. The molecule has 4 rings (SSSR count). The predicted molar refractivity (Wildman–Crippen MR) is 112 cm³/mol. The average molecular weight is 425 g/mol. The van der Waals surface area contributed by atoms with Crippen LogP contribution in [-0.4, -0.2) is 36.4 Å². The number of benzene rings is 2. The second kappa shape index (κ2) is 7.87. The first-order valence-electron chi connectivity index (χ1n) is 9.31. The molecule has 154 valence electrons. The van der Waals surface area contributed by atoms with Crippen molar-refractivity contribution >= 4 is 15.5 Å². The molecule has 2 heterocycles. The van der Waals surface area contributed by atoms with E-state index in [1.54, 1.807) is 43.8 Å². The van der Waals surface area contributed by atoms with Gasteiger partial charge in [0.15, 0.2) is 15.5 Å². The fraction of sp³-hybridized carbons (Fsp3) is 0.182. The Hall–Kier alpha value is -3.26. The monoisotopic (exact) mass is 425 g/mol. The Morgan fingerprint density at radius 3 is 2.50 bits per heavy atom. The summed E-state index contributed by atoms with van der Waals surface area (Å²) in [7, 11) is -1.68. The van der Waals surface area contributed by atoms with E-state index in [1.807, 2.05) is 16.5 Å². The van der Waals surface area contributed by atoms with Gasteiger partial charge in [-0.05, 0) is 66.4 Å². The van der Waals surface area contributed by atoms with Crippen LogP contribution >= 0.6 is 0 Å². The number of ether oxygens (including phenoxy) is 1. The molecule has 2 aromatic heterocycles. The number of sulfone groups is 1. The van der Waals surface area contributed by atoms with Crippen LogP contribution in [0.5, 0.6) is 5.75 Å². The van der Waals surface area contributed by atoms with Gasteiger partial charge in [-0.15, -0.1) is 10.2 Å². The standard InChI is InChI=1S/C22H20FN3O3S/c1-29-21-12-6-17(23)13-16(21)3-7-18-8-11-20(22-25-24-14-26(18)22)15-4-9-19(10-5-15)30(2,27)28/h4-6,8-14H,3,7H2,1-2H3. The molecule has 4 aromatic rings. The summed E-state index contributed by atoms with van der Waals surface area (Å²) in [4.78, 5) is 0.268. The van der Waals surface area contributed by atoms with Crippen LogP contribution in [-0.2, 0) is 22.7 Å². The number of hydrogen-bond acceptors (Lipinski definition) is 5. The van der Waals surface area contributed by atoms with Crippen molar-refractivity contribution in [2.45, 2.75) is 17.7 Å². The molecule has 0 atom stereocenters. The Bertz CT molecular complexity index is 1320. The van der Waals surface area contributed by atoms with E-state index in [1.165, 1.54) is 18.4 Å². The summed E-state index contributed by atoms with van der Waals surface area (Å²) >= 11 is 0. The van der Waals surface area contributed by atoms with Crippen LogP contribution in [0.15, 0.2) is 65.8 Å². The Balaban J connectivity index is 1.66. The average Bonchev–Trinajstić information content (AvgIpc) is 3.22.